The molecule has 34 heteroatoms. The molecule has 0 aliphatic carbocycles. The van der Waals surface area contributed by atoms with Gasteiger partial charge in [0.1, 0.15) is 146 Å². The predicted octanol–water partition coefficient (Wildman–Crippen LogP) is -13.7. The minimum absolute atomic E-state index is 0.697. The number of carbonyl (C=O) groups is 3. The van der Waals surface area contributed by atoms with Crippen LogP contribution < -0.4 is 16.0 Å². The number of hydrogen-bond donors (Lipinski definition) is 20. The highest BCUT2D eigenvalue weighted by Crippen LogP contribution is 2.37. The third-order valence-electron chi connectivity index (χ3n) is 13.6. The zero-order valence-corrected chi connectivity index (χ0v) is 40.9. The normalized spacial score (nSPS) is 48.2. The van der Waals surface area contributed by atoms with Gasteiger partial charge in [-0.25, -0.2) is 0 Å². The van der Waals surface area contributed by atoms with Gasteiger partial charge in [0.15, 0.2) is 37.7 Å². The van der Waals surface area contributed by atoms with Gasteiger partial charge >= 0.3 is 0 Å². The monoisotopic (exact) mass is 1110 g/mol. The maximum Gasteiger partial charge on any atom is 0.217 e. The fourth-order valence-electron chi connectivity index (χ4n) is 9.74. The molecule has 20 N–H and O–H groups in total. The van der Waals surface area contributed by atoms with E-state index in [0.29, 0.717) is 0 Å². The number of carbonyl (C=O) groups excluding carboxylic acids is 3. The molecule has 0 unspecified atom stereocenters. The summed E-state index contributed by atoms with van der Waals surface area (Å²) in [5.74, 6) is -2.34. The summed E-state index contributed by atoms with van der Waals surface area (Å²) in [6, 6.07) is -4.94. The lowest BCUT2D eigenvalue weighted by atomic mass is 9.94. The van der Waals surface area contributed by atoms with Gasteiger partial charge in [-0.3, -0.25) is 14.4 Å². The summed E-state index contributed by atoms with van der Waals surface area (Å²) in [6.07, 6.45) is -50.1. The van der Waals surface area contributed by atoms with Gasteiger partial charge in [-0.15, -0.1) is 0 Å². The van der Waals surface area contributed by atoms with Crippen LogP contribution in [0.2, 0.25) is 0 Å². The Balaban J connectivity index is 1.15. The molecule has 0 spiro atoms. The van der Waals surface area contributed by atoms with E-state index in [0.717, 1.165) is 20.8 Å². The minimum Gasteiger partial charge on any atom is -0.394 e. The number of rotatable bonds is 19. The highest BCUT2D eigenvalue weighted by Gasteiger charge is 2.58. The van der Waals surface area contributed by atoms with Crippen LogP contribution >= 0.6 is 0 Å². The summed E-state index contributed by atoms with van der Waals surface area (Å²) in [7, 11) is 0. The highest BCUT2D eigenvalue weighted by molar-refractivity contribution is 5.74. The van der Waals surface area contributed by atoms with Crippen LogP contribution in [0.1, 0.15) is 20.8 Å². The molecule has 34 nitrogen and oxygen atoms in total. The molecular weight excluding hydrogens is 1040 g/mol. The lowest BCUT2D eigenvalue weighted by Gasteiger charge is -2.50. The highest BCUT2D eigenvalue weighted by atomic mass is 16.8. The summed E-state index contributed by atoms with van der Waals surface area (Å²) < 4.78 is 62.9. The zero-order chi connectivity index (χ0) is 56.2. The van der Waals surface area contributed by atoms with Crippen molar-refractivity contribution in [2.24, 2.45) is 0 Å². The van der Waals surface area contributed by atoms with E-state index in [1.165, 1.54) is 0 Å². The summed E-state index contributed by atoms with van der Waals surface area (Å²) in [4.78, 5) is 36.7. The Morgan fingerprint density at radius 2 is 0.566 bits per heavy atom. The first-order valence-corrected chi connectivity index (χ1v) is 24.1. The molecule has 3 amide bonds. The van der Waals surface area contributed by atoms with Crippen molar-refractivity contribution in [1.82, 2.24) is 16.0 Å². The summed E-state index contributed by atoms with van der Waals surface area (Å²) >= 11 is 0. The van der Waals surface area contributed by atoms with Crippen LogP contribution in [-0.2, 0) is 66.5 Å². The van der Waals surface area contributed by atoms with E-state index in [1.54, 1.807) is 0 Å². The van der Waals surface area contributed by atoms with Crippen molar-refractivity contribution < 1.29 is 153 Å². The Labute approximate surface area is 431 Å². The van der Waals surface area contributed by atoms with E-state index < -0.39 is 241 Å². The molecule has 6 rings (SSSR count). The van der Waals surface area contributed by atoms with Gasteiger partial charge in [0.2, 0.25) is 17.7 Å². The summed E-state index contributed by atoms with van der Waals surface area (Å²) in [5.41, 5.74) is 0. The molecular formula is C42H71N3O31. The van der Waals surface area contributed by atoms with Crippen molar-refractivity contribution in [2.45, 2.75) is 205 Å². The van der Waals surface area contributed by atoms with Crippen LogP contribution in [0.5, 0.6) is 0 Å². The third kappa shape index (κ3) is 13.5. The molecule has 0 aromatic heterocycles. The number of nitrogens with one attached hydrogen (secondary N) is 3. The van der Waals surface area contributed by atoms with E-state index in [1.807, 2.05) is 0 Å². The van der Waals surface area contributed by atoms with E-state index in [4.69, 9.17) is 52.1 Å². The van der Waals surface area contributed by atoms with Gasteiger partial charge in [-0.05, 0) is 0 Å². The molecule has 76 heavy (non-hydrogen) atoms. The van der Waals surface area contributed by atoms with Gasteiger partial charge in [-0.2, -0.15) is 0 Å². The van der Waals surface area contributed by atoms with Gasteiger partial charge in [0, 0.05) is 20.8 Å². The van der Waals surface area contributed by atoms with Crippen LogP contribution in [0.3, 0.4) is 0 Å². The van der Waals surface area contributed by atoms with Crippen molar-refractivity contribution >= 4 is 17.7 Å². The summed E-state index contributed by atoms with van der Waals surface area (Å²) in [6.45, 7) is -2.64. The molecule has 6 heterocycles. The first-order valence-electron chi connectivity index (χ1n) is 24.1. The first-order chi connectivity index (χ1) is 35.9. The van der Waals surface area contributed by atoms with E-state index in [-0.39, 0.29) is 0 Å². The number of hydrogen-bond acceptors (Lipinski definition) is 31. The Bertz CT molecular complexity index is 1860. The lowest BCUT2D eigenvalue weighted by molar-refractivity contribution is -0.384. The van der Waals surface area contributed by atoms with Gasteiger partial charge in [0.05, 0.1) is 39.6 Å². The third-order valence-corrected chi connectivity index (χ3v) is 13.6. The lowest BCUT2D eigenvalue weighted by Crippen LogP contribution is -2.70. The van der Waals surface area contributed by atoms with E-state index >= 15 is 0 Å². The van der Waals surface area contributed by atoms with Crippen molar-refractivity contribution in [3.8, 4) is 0 Å². The van der Waals surface area contributed by atoms with Crippen LogP contribution in [0.4, 0.5) is 0 Å². The summed E-state index contributed by atoms with van der Waals surface area (Å²) in [5, 5.41) is 189. The number of amides is 3. The topological polar surface area (TPSA) is 533 Å². The van der Waals surface area contributed by atoms with Crippen LogP contribution in [0.25, 0.3) is 0 Å². The van der Waals surface area contributed by atoms with Crippen molar-refractivity contribution in [3.63, 3.8) is 0 Å². The molecule has 6 aliphatic rings. The second kappa shape index (κ2) is 27.2. The Kier molecular flexibility index (Phi) is 22.3. The Morgan fingerprint density at radius 1 is 0.316 bits per heavy atom. The molecule has 30 atom stereocenters. The predicted molar refractivity (Wildman–Crippen MR) is 234 cm³/mol. The van der Waals surface area contributed by atoms with Gasteiger partial charge in [0.25, 0.3) is 0 Å². The molecule has 6 saturated heterocycles. The van der Waals surface area contributed by atoms with Gasteiger partial charge in [-0.1, -0.05) is 0 Å². The van der Waals surface area contributed by atoms with E-state index in [2.05, 4.69) is 16.0 Å². The van der Waals surface area contributed by atoms with Crippen molar-refractivity contribution in [2.75, 3.05) is 39.6 Å². The SMILES string of the molecule is CC(=O)N[C@@H]1[C@@H](O)[C@H](O[C@@H]2O[C@H](CO)[C@@H](O[C@@H]3O[C@H](CO)[C@@H](O[C@@H]4O[C@H](CO)[C@@H](O[C@@H]5O[C@H](CO)[C@@H](O[C@@H]6O[C@H](CO)[C@@H](O)[C@H](O)[C@H]6O)[C@H](O)[C@H]5NC(C)=O)[C@H](O)[C@H]4O)[C@H](O)[C@H]3NC(C)=O)[C@H](O)[C@H]2O)[C@@H](CO)O[C@H]1O. The number of aliphatic hydroxyl groups is 17. The first kappa shape index (κ1) is 62.5. The molecule has 440 valence electrons. The smallest absolute Gasteiger partial charge is 0.217 e. The standard InChI is InChI=1S/C42H71N3O31/c1-10(52)43-19-23(56)32(14(5-47)66-37(19)65)74-41-30(63)27(60)35(17(8-50)70-41)72-39-21(45-12(3)54)25(58)34(16(7-49)69-39)76-42-31(64)28(61)36(18(9-51)71-42)73-38-20(44-11(2)53)24(57)33(15(6-48)68-38)75-40-29(62)26(59)22(55)13(4-46)67-40/h13-42,46-51,55-65H,4-9H2,1-3H3,(H,43,52)(H,44,53)(H,45,54)/t13-,14-,15-,16-,17-,18-,19-,20-,21-,22-,23-,24-,25-,26+,27-,28-,29-,30-,31-,32-,33-,34-,35-,36-,37-,38+,39+,40+,41+,42+/m1/s1. The zero-order valence-electron chi connectivity index (χ0n) is 40.9. The molecule has 0 saturated carbocycles. The average Bonchev–Trinajstić information content (AvgIpc) is 3.38. The largest absolute Gasteiger partial charge is 0.394 e. The van der Waals surface area contributed by atoms with Gasteiger partial charge < -0.3 is 155 Å². The minimum atomic E-state index is -2.21. The second-order valence-corrected chi connectivity index (χ2v) is 19.0. The molecule has 6 aliphatic heterocycles. The molecule has 0 bridgehead atoms. The quantitative estimate of drug-likeness (QED) is 0.0571. The Morgan fingerprint density at radius 3 is 0.895 bits per heavy atom. The van der Waals surface area contributed by atoms with Crippen LogP contribution in [-0.4, -0.2) is 328 Å². The molecule has 0 aromatic carbocycles. The molecule has 0 radical (unpaired) electrons. The van der Waals surface area contributed by atoms with Crippen molar-refractivity contribution in [3.05, 3.63) is 0 Å². The van der Waals surface area contributed by atoms with Crippen LogP contribution in [0.15, 0.2) is 0 Å². The Hall–Kier alpha value is -2.71. The van der Waals surface area contributed by atoms with Crippen LogP contribution in [0, 0.1) is 0 Å². The van der Waals surface area contributed by atoms with E-state index in [9.17, 15) is 101 Å². The molecule has 6 fully saturated rings. The maximum atomic E-state index is 12.5. The number of aliphatic hydroxyl groups excluding tert-OH is 17. The fraction of sp³-hybridized carbons (Fsp3) is 0.929. The fourth-order valence-corrected chi connectivity index (χ4v) is 9.74. The number of ether oxygens (including phenoxy) is 11. The van der Waals surface area contributed by atoms with Crippen molar-refractivity contribution in [1.29, 1.82) is 0 Å². The second-order valence-electron chi connectivity index (χ2n) is 19.0. The average molecular weight is 1110 g/mol. The molecule has 0 aromatic rings. The maximum absolute atomic E-state index is 12.5.